The van der Waals surface area contributed by atoms with E-state index in [1.54, 1.807) is 0 Å². The van der Waals surface area contributed by atoms with Crippen molar-refractivity contribution in [1.82, 2.24) is 0 Å². The number of methoxy groups -OCH3 is 1. The van der Waals surface area contributed by atoms with Crippen LogP contribution in [0.25, 0.3) is 11.1 Å². The number of nitrogens with one attached hydrogen (secondary N) is 1. The summed E-state index contributed by atoms with van der Waals surface area (Å²) in [4.78, 5) is 24.3. The number of esters is 1. The maximum Gasteiger partial charge on any atom is 0.341 e. The summed E-state index contributed by atoms with van der Waals surface area (Å²) < 4.78 is 4.93. The molecule has 2 aromatic rings. The molecule has 1 aromatic heterocycles. The van der Waals surface area contributed by atoms with Crippen LogP contribution < -0.4 is 5.32 Å². The zero-order chi connectivity index (χ0) is 17.3. The molecule has 0 radical (unpaired) electrons. The molecule has 3 rings (SSSR count). The molecule has 0 spiro atoms. The van der Waals surface area contributed by atoms with E-state index in [0.717, 1.165) is 24.0 Å². The Morgan fingerprint density at radius 3 is 2.42 bits per heavy atom. The summed E-state index contributed by atoms with van der Waals surface area (Å²) in [6, 6.07) is 8.16. The molecule has 1 aliphatic rings. The number of thiophene rings is 1. The lowest BCUT2D eigenvalue weighted by Gasteiger charge is -2.09. The van der Waals surface area contributed by atoms with E-state index in [9.17, 15) is 9.59 Å². The molecule has 1 saturated carbocycles. The molecule has 4 nitrogen and oxygen atoms in total. The number of ether oxygens (including phenoxy) is 1. The largest absolute Gasteiger partial charge is 0.465 e. The first-order valence-electron chi connectivity index (χ1n) is 8.12. The van der Waals surface area contributed by atoms with E-state index in [1.807, 2.05) is 17.5 Å². The molecule has 1 fully saturated rings. The van der Waals surface area contributed by atoms with E-state index in [4.69, 9.17) is 4.74 Å². The third kappa shape index (κ3) is 3.36. The second-order valence-corrected chi connectivity index (χ2v) is 7.26. The number of anilines is 1. The van der Waals surface area contributed by atoms with Crippen LogP contribution in [0.5, 0.6) is 0 Å². The van der Waals surface area contributed by atoms with Gasteiger partial charge in [0.1, 0.15) is 10.6 Å². The lowest BCUT2D eigenvalue weighted by atomic mass is 9.98. The lowest BCUT2D eigenvalue weighted by Crippen LogP contribution is -2.15. The van der Waals surface area contributed by atoms with Gasteiger partial charge in [-0.05, 0) is 29.9 Å². The van der Waals surface area contributed by atoms with E-state index >= 15 is 0 Å². The molecule has 1 aliphatic carbocycles. The van der Waals surface area contributed by atoms with Gasteiger partial charge in [0.15, 0.2) is 0 Å². The molecule has 24 heavy (non-hydrogen) atoms. The zero-order valence-corrected chi connectivity index (χ0v) is 14.9. The number of carbonyl (C=O) groups excluding carboxylic acids is 2. The minimum absolute atomic E-state index is 0.0105. The van der Waals surface area contributed by atoms with Gasteiger partial charge in [0, 0.05) is 16.9 Å². The number of rotatable bonds is 5. The smallest absolute Gasteiger partial charge is 0.341 e. The van der Waals surface area contributed by atoms with Crippen molar-refractivity contribution in [3.05, 3.63) is 40.8 Å². The maximum absolute atomic E-state index is 12.3. The quantitative estimate of drug-likeness (QED) is 0.802. The molecule has 0 saturated heterocycles. The summed E-state index contributed by atoms with van der Waals surface area (Å²) in [5.74, 6) is 0.107. The van der Waals surface area contributed by atoms with E-state index in [1.165, 1.54) is 24.0 Å². The van der Waals surface area contributed by atoms with E-state index in [2.05, 4.69) is 31.3 Å². The number of carbonyl (C=O) groups is 2. The van der Waals surface area contributed by atoms with Gasteiger partial charge in [0.05, 0.1) is 7.11 Å². The second-order valence-electron chi connectivity index (χ2n) is 6.39. The Morgan fingerprint density at radius 2 is 1.88 bits per heavy atom. The third-order valence-corrected chi connectivity index (χ3v) is 5.15. The van der Waals surface area contributed by atoms with E-state index in [0.29, 0.717) is 16.5 Å². The van der Waals surface area contributed by atoms with Gasteiger partial charge in [-0.2, -0.15) is 0 Å². The predicted molar refractivity (Wildman–Crippen MR) is 96.5 cm³/mol. The molecule has 0 atom stereocenters. The fourth-order valence-corrected chi connectivity index (χ4v) is 3.53. The van der Waals surface area contributed by atoms with Crippen molar-refractivity contribution in [2.45, 2.75) is 32.6 Å². The van der Waals surface area contributed by atoms with Gasteiger partial charge in [-0.3, -0.25) is 4.79 Å². The van der Waals surface area contributed by atoms with Gasteiger partial charge in [0.25, 0.3) is 0 Å². The molecule has 126 valence electrons. The number of benzene rings is 1. The lowest BCUT2D eigenvalue weighted by molar-refractivity contribution is -0.117. The van der Waals surface area contributed by atoms with Crippen LogP contribution in [0.2, 0.25) is 0 Å². The van der Waals surface area contributed by atoms with Crippen LogP contribution in [0, 0.1) is 5.92 Å². The Morgan fingerprint density at radius 1 is 1.21 bits per heavy atom. The van der Waals surface area contributed by atoms with Crippen LogP contribution in [0.1, 0.15) is 48.5 Å². The summed E-state index contributed by atoms with van der Waals surface area (Å²) in [5.41, 5.74) is 3.43. The molecule has 1 N–H and O–H groups in total. The van der Waals surface area contributed by atoms with Crippen molar-refractivity contribution in [3.63, 3.8) is 0 Å². The number of hydrogen-bond donors (Lipinski definition) is 1. The summed E-state index contributed by atoms with van der Waals surface area (Å²) in [6.07, 6.45) is 1.85. The number of hydrogen-bond acceptors (Lipinski definition) is 4. The highest BCUT2D eigenvalue weighted by atomic mass is 32.1. The predicted octanol–water partition coefficient (Wildman–Crippen LogP) is 4.67. The fraction of sp³-hybridized carbons (Fsp3) is 0.368. The monoisotopic (exact) mass is 343 g/mol. The third-order valence-electron chi connectivity index (χ3n) is 4.25. The fourth-order valence-electron chi connectivity index (χ4n) is 2.57. The van der Waals surface area contributed by atoms with E-state index < -0.39 is 5.97 Å². The highest BCUT2D eigenvalue weighted by Gasteiger charge is 2.31. The van der Waals surface area contributed by atoms with Crippen LogP contribution in [0.4, 0.5) is 5.00 Å². The Kier molecular flexibility index (Phi) is 4.71. The van der Waals surface area contributed by atoms with Crippen LogP contribution in [0.15, 0.2) is 29.6 Å². The molecule has 1 aromatic carbocycles. The Bertz CT molecular complexity index is 757. The van der Waals surface area contributed by atoms with Crippen molar-refractivity contribution in [2.75, 3.05) is 12.4 Å². The van der Waals surface area contributed by atoms with Crippen LogP contribution in [-0.2, 0) is 9.53 Å². The summed E-state index contributed by atoms with van der Waals surface area (Å²) in [6.45, 7) is 4.29. The van der Waals surface area contributed by atoms with Crippen molar-refractivity contribution < 1.29 is 14.3 Å². The standard InChI is InChI=1S/C19H21NO3S/c1-11(2)12-4-6-13(7-5-12)15-10-24-18(16(15)19(22)23-3)20-17(21)14-8-9-14/h4-7,10-11,14H,8-9H2,1-3H3,(H,20,21). The van der Waals surface area contributed by atoms with Crippen molar-refractivity contribution in [3.8, 4) is 11.1 Å². The summed E-state index contributed by atoms with van der Waals surface area (Å²) in [7, 11) is 1.36. The minimum atomic E-state index is -0.426. The van der Waals surface area contributed by atoms with Gasteiger partial charge in [-0.15, -0.1) is 11.3 Å². The van der Waals surface area contributed by atoms with Crippen molar-refractivity contribution in [2.24, 2.45) is 5.92 Å². The molecule has 5 heteroatoms. The average Bonchev–Trinajstić information content (AvgIpc) is 3.36. The molecular weight excluding hydrogens is 322 g/mol. The van der Waals surface area contributed by atoms with Crippen molar-refractivity contribution in [1.29, 1.82) is 0 Å². The first kappa shape index (κ1) is 16.7. The Labute approximate surface area is 145 Å². The van der Waals surface area contributed by atoms with Crippen molar-refractivity contribution >= 4 is 28.2 Å². The Hall–Kier alpha value is -2.14. The number of amides is 1. The van der Waals surface area contributed by atoms with Gasteiger partial charge in [-0.1, -0.05) is 38.1 Å². The molecule has 1 amide bonds. The first-order valence-corrected chi connectivity index (χ1v) is 9.00. The van der Waals surface area contributed by atoms with E-state index in [-0.39, 0.29) is 11.8 Å². The molecule has 0 unspecified atom stereocenters. The summed E-state index contributed by atoms with van der Waals surface area (Å²) in [5, 5.41) is 5.36. The van der Waals surface area contributed by atoms with Crippen LogP contribution in [-0.4, -0.2) is 19.0 Å². The minimum Gasteiger partial charge on any atom is -0.465 e. The van der Waals surface area contributed by atoms with Gasteiger partial charge in [-0.25, -0.2) is 4.79 Å². The molecule has 0 aliphatic heterocycles. The Balaban J connectivity index is 1.95. The molecular formula is C19H21NO3S. The van der Waals surface area contributed by atoms with Crippen LogP contribution >= 0.6 is 11.3 Å². The first-order chi connectivity index (χ1) is 11.5. The second kappa shape index (κ2) is 6.77. The van der Waals surface area contributed by atoms with Gasteiger partial charge < -0.3 is 10.1 Å². The van der Waals surface area contributed by atoms with Gasteiger partial charge in [0.2, 0.25) is 5.91 Å². The zero-order valence-electron chi connectivity index (χ0n) is 14.1. The topological polar surface area (TPSA) is 55.4 Å². The average molecular weight is 343 g/mol. The molecule has 1 heterocycles. The molecule has 0 bridgehead atoms. The SMILES string of the molecule is COC(=O)c1c(-c2ccc(C(C)C)cc2)csc1NC(=O)C1CC1. The maximum atomic E-state index is 12.3. The normalized spacial score (nSPS) is 13.8. The highest BCUT2D eigenvalue weighted by Crippen LogP contribution is 2.38. The summed E-state index contributed by atoms with van der Waals surface area (Å²) >= 11 is 1.37. The van der Waals surface area contributed by atoms with Gasteiger partial charge >= 0.3 is 5.97 Å². The van der Waals surface area contributed by atoms with Crippen LogP contribution in [0.3, 0.4) is 0 Å². The highest BCUT2D eigenvalue weighted by molar-refractivity contribution is 7.15.